The number of nitrogens with one attached hydrogen (secondary N) is 1. The third kappa shape index (κ3) is 4.71. The van der Waals surface area contributed by atoms with Gasteiger partial charge in [0.05, 0.1) is 6.61 Å². The molecule has 1 saturated heterocycles. The van der Waals surface area contributed by atoms with Crippen molar-refractivity contribution in [2.75, 3.05) is 45.2 Å². The lowest BCUT2D eigenvalue weighted by molar-refractivity contribution is 0.121. The van der Waals surface area contributed by atoms with E-state index < -0.39 is 0 Å². The van der Waals surface area contributed by atoms with Gasteiger partial charge < -0.3 is 20.7 Å². The standard InChI is InChI=1S/C19H30N4O/c1-24-12-11-23-9-7-15(8-10-23)14-21-19(20)22-18-6-5-16-3-2-4-17(16)13-18/h5-6,13,15H,2-4,7-12,14H2,1H3,(H3,20,21,22). The van der Waals surface area contributed by atoms with Gasteiger partial charge >= 0.3 is 0 Å². The van der Waals surface area contributed by atoms with Gasteiger partial charge in [0.2, 0.25) is 0 Å². The first kappa shape index (κ1) is 17.2. The maximum absolute atomic E-state index is 6.07. The summed E-state index contributed by atoms with van der Waals surface area (Å²) in [5.41, 5.74) is 10.1. The fourth-order valence-electron chi connectivity index (χ4n) is 3.68. The second-order valence-corrected chi connectivity index (χ2v) is 6.97. The van der Waals surface area contributed by atoms with Crippen molar-refractivity contribution < 1.29 is 4.74 Å². The Bertz CT molecular complexity index is 564. The zero-order valence-electron chi connectivity index (χ0n) is 14.8. The molecule has 5 nitrogen and oxygen atoms in total. The van der Waals surface area contributed by atoms with Crippen LogP contribution in [0.3, 0.4) is 0 Å². The number of methoxy groups -OCH3 is 1. The highest BCUT2D eigenvalue weighted by Gasteiger charge is 2.18. The molecule has 1 aromatic rings. The van der Waals surface area contributed by atoms with Crippen molar-refractivity contribution in [3.63, 3.8) is 0 Å². The molecule has 0 amide bonds. The first-order valence-electron chi connectivity index (χ1n) is 9.14. The molecule has 1 aromatic carbocycles. The predicted octanol–water partition coefficient (Wildman–Crippen LogP) is 2.26. The minimum Gasteiger partial charge on any atom is -0.383 e. The molecule has 0 saturated carbocycles. The molecule has 1 aliphatic carbocycles. The minimum absolute atomic E-state index is 0.537. The number of nitrogens with zero attached hydrogens (tertiary/aromatic N) is 2. The number of hydrogen-bond donors (Lipinski definition) is 2. The Labute approximate surface area is 145 Å². The average Bonchev–Trinajstić information content (AvgIpc) is 3.07. The van der Waals surface area contributed by atoms with E-state index in [1.165, 1.54) is 43.2 Å². The van der Waals surface area contributed by atoms with E-state index >= 15 is 0 Å². The van der Waals surface area contributed by atoms with Crippen molar-refractivity contribution >= 4 is 11.6 Å². The van der Waals surface area contributed by atoms with Crippen LogP contribution in [-0.2, 0) is 17.6 Å². The van der Waals surface area contributed by atoms with Crippen LogP contribution in [0.2, 0.25) is 0 Å². The number of aryl methyl sites for hydroxylation is 2. The lowest BCUT2D eigenvalue weighted by Gasteiger charge is -2.30. The zero-order valence-corrected chi connectivity index (χ0v) is 14.8. The zero-order chi connectivity index (χ0) is 16.8. The number of guanidine groups is 1. The number of rotatable bonds is 6. The largest absolute Gasteiger partial charge is 0.383 e. The lowest BCUT2D eigenvalue weighted by Crippen LogP contribution is -2.37. The first-order chi connectivity index (χ1) is 11.7. The molecular weight excluding hydrogens is 300 g/mol. The van der Waals surface area contributed by atoms with Gasteiger partial charge in [0.15, 0.2) is 5.96 Å². The molecule has 0 bridgehead atoms. The fraction of sp³-hybridized carbons (Fsp3) is 0.632. The molecule has 0 radical (unpaired) electrons. The molecule has 132 valence electrons. The third-order valence-electron chi connectivity index (χ3n) is 5.21. The maximum atomic E-state index is 6.07. The van der Waals surface area contributed by atoms with E-state index in [0.717, 1.165) is 38.5 Å². The minimum atomic E-state index is 0.537. The maximum Gasteiger partial charge on any atom is 0.193 e. The summed E-state index contributed by atoms with van der Waals surface area (Å²) in [4.78, 5) is 7.03. The van der Waals surface area contributed by atoms with Gasteiger partial charge in [0.25, 0.3) is 0 Å². The summed E-state index contributed by atoms with van der Waals surface area (Å²) in [6, 6.07) is 6.55. The van der Waals surface area contributed by atoms with Gasteiger partial charge in [-0.15, -0.1) is 0 Å². The van der Waals surface area contributed by atoms with Gasteiger partial charge in [-0.1, -0.05) is 6.07 Å². The highest BCUT2D eigenvalue weighted by atomic mass is 16.5. The van der Waals surface area contributed by atoms with Crippen LogP contribution in [0.1, 0.15) is 30.4 Å². The second kappa shape index (κ2) is 8.49. The van der Waals surface area contributed by atoms with E-state index in [0.29, 0.717) is 11.9 Å². The van der Waals surface area contributed by atoms with Crippen LogP contribution in [0.25, 0.3) is 0 Å². The summed E-state index contributed by atoms with van der Waals surface area (Å²) in [5, 5.41) is 3.25. The van der Waals surface area contributed by atoms with Gasteiger partial charge in [-0.25, -0.2) is 0 Å². The molecule has 5 heteroatoms. The fourth-order valence-corrected chi connectivity index (χ4v) is 3.68. The van der Waals surface area contributed by atoms with Crippen molar-refractivity contribution in [2.24, 2.45) is 16.6 Å². The monoisotopic (exact) mass is 330 g/mol. The van der Waals surface area contributed by atoms with E-state index in [9.17, 15) is 0 Å². The van der Waals surface area contributed by atoms with Gasteiger partial charge in [0, 0.05) is 25.9 Å². The lowest BCUT2D eigenvalue weighted by atomic mass is 9.97. The van der Waals surface area contributed by atoms with Crippen LogP contribution in [-0.4, -0.2) is 50.8 Å². The van der Waals surface area contributed by atoms with E-state index in [1.807, 2.05) is 0 Å². The average molecular weight is 330 g/mol. The smallest absolute Gasteiger partial charge is 0.193 e. The number of hydrogen-bond acceptors (Lipinski definition) is 3. The van der Waals surface area contributed by atoms with Crippen LogP contribution in [0, 0.1) is 5.92 Å². The highest BCUT2D eigenvalue weighted by molar-refractivity contribution is 5.92. The number of likely N-dealkylation sites (tertiary alicyclic amines) is 1. The van der Waals surface area contributed by atoms with E-state index in [4.69, 9.17) is 10.5 Å². The number of piperidine rings is 1. The van der Waals surface area contributed by atoms with Crippen LogP contribution < -0.4 is 11.1 Å². The summed E-state index contributed by atoms with van der Waals surface area (Å²) < 4.78 is 5.15. The summed E-state index contributed by atoms with van der Waals surface area (Å²) in [6.45, 7) is 4.96. The summed E-state index contributed by atoms with van der Waals surface area (Å²) >= 11 is 0. The van der Waals surface area contributed by atoms with Crippen LogP contribution in [0.4, 0.5) is 5.69 Å². The molecule has 1 fully saturated rings. The number of fused-ring (bicyclic) bond motifs is 1. The number of anilines is 1. The molecule has 0 unspecified atom stereocenters. The molecule has 1 aliphatic heterocycles. The van der Waals surface area contributed by atoms with Crippen molar-refractivity contribution in [3.05, 3.63) is 29.3 Å². The van der Waals surface area contributed by atoms with Crippen molar-refractivity contribution in [1.82, 2.24) is 4.90 Å². The van der Waals surface area contributed by atoms with E-state index in [2.05, 4.69) is 33.4 Å². The molecule has 3 rings (SSSR count). The number of nitrogens with two attached hydrogens (primary N) is 1. The Morgan fingerprint density at radius 2 is 2.08 bits per heavy atom. The SMILES string of the molecule is COCCN1CCC(CN=C(N)Nc2ccc3c(c2)CCC3)CC1. The quantitative estimate of drug-likeness (QED) is 0.620. The Kier molecular flexibility index (Phi) is 6.10. The predicted molar refractivity (Wildman–Crippen MR) is 99.6 cm³/mol. The van der Waals surface area contributed by atoms with Crippen LogP contribution >= 0.6 is 0 Å². The van der Waals surface area contributed by atoms with Crippen molar-refractivity contribution in [2.45, 2.75) is 32.1 Å². The van der Waals surface area contributed by atoms with Gasteiger partial charge in [0.1, 0.15) is 0 Å². The summed E-state index contributed by atoms with van der Waals surface area (Å²) in [6.07, 6.45) is 6.05. The first-order valence-corrected chi connectivity index (χ1v) is 9.14. The second-order valence-electron chi connectivity index (χ2n) is 6.97. The van der Waals surface area contributed by atoms with Crippen LogP contribution in [0.15, 0.2) is 23.2 Å². The molecule has 2 aliphatic rings. The summed E-state index contributed by atoms with van der Waals surface area (Å²) in [7, 11) is 1.76. The van der Waals surface area contributed by atoms with Gasteiger partial charge in [-0.05, 0) is 74.4 Å². The Hall–Kier alpha value is -1.59. The molecule has 0 spiro atoms. The molecule has 0 aromatic heterocycles. The summed E-state index contributed by atoms with van der Waals surface area (Å²) in [5.74, 6) is 1.18. The number of ether oxygens (including phenoxy) is 1. The highest BCUT2D eigenvalue weighted by Crippen LogP contribution is 2.24. The Morgan fingerprint density at radius 1 is 1.29 bits per heavy atom. The van der Waals surface area contributed by atoms with Crippen molar-refractivity contribution in [3.8, 4) is 0 Å². The molecule has 0 atom stereocenters. The normalized spacial score (nSPS) is 19.5. The molecule has 3 N–H and O–H groups in total. The molecule has 1 heterocycles. The van der Waals surface area contributed by atoms with Crippen molar-refractivity contribution in [1.29, 1.82) is 0 Å². The Morgan fingerprint density at radius 3 is 2.88 bits per heavy atom. The molecule has 24 heavy (non-hydrogen) atoms. The van der Waals surface area contributed by atoms with Gasteiger partial charge in [-0.2, -0.15) is 0 Å². The topological polar surface area (TPSA) is 62.9 Å². The molecular formula is C19H30N4O. The van der Waals surface area contributed by atoms with Crippen LogP contribution in [0.5, 0.6) is 0 Å². The van der Waals surface area contributed by atoms with E-state index in [-0.39, 0.29) is 0 Å². The number of aliphatic imine (C=N–C) groups is 1. The van der Waals surface area contributed by atoms with Gasteiger partial charge in [-0.3, -0.25) is 4.99 Å². The Balaban J connectivity index is 1.43. The number of benzene rings is 1. The third-order valence-corrected chi connectivity index (χ3v) is 5.21. The van der Waals surface area contributed by atoms with E-state index in [1.54, 1.807) is 7.11 Å².